The Morgan fingerprint density at radius 1 is 1.83 bits per heavy atom. The molecule has 0 aromatic carbocycles. The Balaban J connectivity index is 1.90. The first-order chi connectivity index (χ1) is 5.81. The normalized spacial score (nSPS) is 32.3. The number of carbonyl (C=O) groups is 1. The smallest absolute Gasteiger partial charge is 0.229 e. The highest BCUT2D eigenvalue weighted by molar-refractivity contribution is 5.82. The largest absolute Gasteiger partial charge is 0.353 e. The molecule has 0 aromatic heterocycles. The number of nitrogens with zero attached hydrogens (tertiary/aromatic N) is 4. The van der Waals surface area contributed by atoms with E-state index in [1.807, 2.05) is 0 Å². The van der Waals surface area contributed by atoms with Gasteiger partial charge in [-0.3, -0.25) is 4.79 Å². The molecule has 64 valence electrons. The molecule has 2 atom stereocenters. The molecule has 0 radical (unpaired) electrons. The number of β-lactam (4-membered cyclic amide) rings is 1. The summed E-state index contributed by atoms with van der Waals surface area (Å²) >= 11 is 0. The first kappa shape index (κ1) is 7.39. The Kier molecular flexibility index (Phi) is 1.64. The van der Waals surface area contributed by atoms with Gasteiger partial charge in [0.2, 0.25) is 5.91 Å². The quantitative estimate of drug-likeness (QED) is 0.256. The molecule has 12 heavy (non-hydrogen) atoms. The van der Waals surface area contributed by atoms with Crippen LogP contribution in [0.15, 0.2) is 5.11 Å². The van der Waals surface area contributed by atoms with E-state index in [0.717, 1.165) is 0 Å². The molecule has 6 heteroatoms. The van der Waals surface area contributed by atoms with Gasteiger partial charge in [-0.05, 0) is 5.53 Å². The molecule has 2 aliphatic heterocycles. The lowest BCUT2D eigenvalue weighted by Crippen LogP contribution is -2.48. The Hall–Kier alpha value is -1.26. The molecule has 0 N–H and O–H groups in total. The maximum atomic E-state index is 10.9. The van der Waals surface area contributed by atoms with Crippen LogP contribution in [0.3, 0.4) is 0 Å². The molecular weight excluding hydrogens is 160 g/mol. The molecule has 1 amide bonds. The molecule has 2 rings (SSSR count). The summed E-state index contributed by atoms with van der Waals surface area (Å²) in [6.07, 6.45) is 0.334. The number of azide groups is 1. The second-order valence-corrected chi connectivity index (χ2v) is 2.88. The van der Waals surface area contributed by atoms with Crippen molar-refractivity contribution in [2.75, 3.05) is 13.1 Å². The summed E-state index contributed by atoms with van der Waals surface area (Å²) in [5.41, 5.74) is 8.05. The van der Waals surface area contributed by atoms with Gasteiger partial charge in [0, 0.05) is 11.5 Å². The molecule has 6 nitrogen and oxygen atoms in total. The van der Waals surface area contributed by atoms with Gasteiger partial charge in [-0.1, -0.05) is 5.11 Å². The van der Waals surface area contributed by atoms with Gasteiger partial charge in [0.1, 0.15) is 6.23 Å². The molecule has 2 fully saturated rings. The van der Waals surface area contributed by atoms with Crippen LogP contribution in [0.1, 0.15) is 6.42 Å². The molecule has 0 saturated carbocycles. The Labute approximate surface area is 68.7 Å². The SMILES string of the molecule is [N-]=[N+]=NC[C@@H]1CN2C(=O)C[C@H]2O1. The third-order valence-corrected chi connectivity index (χ3v) is 2.12. The number of carbonyl (C=O) groups excluding carboxylic acids is 1. The Morgan fingerprint density at radius 3 is 3.25 bits per heavy atom. The van der Waals surface area contributed by atoms with Crippen LogP contribution in [0, 0.1) is 0 Å². The average Bonchev–Trinajstić information content (AvgIpc) is 2.39. The van der Waals surface area contributed by atoms with Crippen molar-refractivity contribution in [3.63, 3.8) is 0 Å². The highest BCUT2D eigenvalue weighted by Crippen LogP contribution is 2.28. The van der Waals surface area contributed by atoms with Crippen LogP contribution in [0.25, 0.3) is 10.4 Å². The molecule has 0 bridgehead atoms. The average molecular weight is 168 g/mol. The minimum atomic E-state index is -0.0997. The van der Waals surface area contributed by atoms with Crippen molar-refractivity contribution in [1.29, 1.82) is 0 Å². The van der Waals surface area contributed by atoms with E-state index in [2.05, 4.69) is 10.0 Å². The van der Waals surface area contributed by atoms with Crippen molar-refractivity contribution < 1.29 is 9.53 Å². The Morgan fingerprint density at radius 2 is 2.67 bits per heavy atom. The second kappa shape index (κ2) is 2.66. The van der Waals surface area contributed by atoms with E-state index in [4.69, 9.17) is 10.3 Å². The summed E-state index contributed by atoms with van der Waals surface area (Å²) in [5, 5.41) is 3.39. The summed E-state index contributed by atoms with van der Waals surface area (Å²) in [6, 6.07) is 0. The van der Waals surface area contributed by atoms with Gasteiger partial charge in [0.25, 0.3) is 0 Å². The molecule has 2 saturated heterocycles. The topological polar surface area (TPSA) is 78.3 Å². The molecule has 2 aliphatic rings. The molecule has 0 unspecified atom stereocenters. The zero-order valence-electron chi connectivity index (χ0n) is 6.38. The zero-order chi connectivity index (χ0) is 8.55. The predicted molar refractivity (Wildman–Crippen MR) is 39.0 cm³/mol. The summed E-state index contributed by atoms with van der Waals surface area (Å²) in [4.78, 5) is 15.2. The van der Waals surface area contributed by atoms with Gasteiger partial charge in [-0.25, -0.2) is 0 Å². The summed E-state index contributed by atoms with van der Waals surface area (Å²) in [7, 11) is 0. The third-order valence-electron chi connectivity index (χ3n) is 2.12. The maximum Gasteiger partial charge on any atom is 0.229 e. The summed E-state index contributed by atoms with van der Waals surface area (Å²) < 4.78 is 5.37. The molecule has 2 heterocycles. The van der Waals surface area contributed by atoms with Crippen LogP contribution in [0.5, 0.6) is 0 Å². The summed E-state index contributed by atoms with van der Waals surface area (Å²) in [6.45, 7) is 0.888. The lowest BCUT2D eigenvalue weighted by molar-refractivity contribution is -0.156. The monoisotopic (exact) mass is 168 g/mol. The van der Waals surface area contributed by atoms with Crippen molar-refractivity contribution in [3.8, 4) is 0 Å². The van der Waals surface area contributed by atoms with Gasteiger partial charge in [0.15, 0.2) is 0 Å². The van der Waals surface area contributed by atoms with Crippen molar-refractivity contribution in [1.82, 2.24) is 4.90 Å². The van der Waals surface area contributed by atoms with Gasteiger partial charge in [-0.2, -0.15) is 0 Å². The number of amides is 1. The fourth-order valence-corrected chi connectivity index (χ4v) is 1.48. The van der Waals surface area contributed by atoms with E-state index in [0.29, 0.717) is 19.5 Å². The maximum absolute atomic E-state index is 10.9. The van der Waals surface area contributed by atoms with E-state index in [1.165, 1.54) is 0 Å². The van der Waals surface area contributed by atoms with Crippen LogP contribution < -0.4 is 0 Å². The summed E-state index contributed by atoms with van der Waals surface area (Å²) in [5.74, 6) is 0.128. The Bertz CT molecular complexity index is 260. The zero-order valence-corrected chi connectivity index (χ0v) is 6.38. The molecule has 0 spiro atoms. The third kappa shape index (κ3) is 1.01. The molecular formula is C6H8N4O2. The lowest BCUT2D eigenvalue weighted by Gasteiger charge is -2.31. The highest BCUT2D eigenvalue weighted by Gasteiger charge is 2.44. The lowest BCUT2D eigenvalue weighted by atomic mass is 10.2. The van der Waals surface area contributed by atoms with Crippen molar-refractivity contribution in [2.24, 2.45) is 5.11 Å². The van der Waals surface area contributed by atoms with Gasteiger partial charge >= 0.3 is 0 Å². The van der Waals surface area contributed by atoms with E-state index in [-0.39, 0.29) is 18.2 Å². The number of hydrogen-bond donors (Lipinski definition) is 0. The van der Waals surface area contributed by atoms with Gasteiger partial charge in [0.05, 0.1) is 19.1 Å². The van der Waals surface area contributed by atoms with Gasteiger partial charge < -0.3 is 9.64 Å². The molecule has 0 aliphatic carbocycles. The first-order valence-electron chi connectivity index (χ1n) is 3.77. The van der Waals surface area contributed by atoms with Crippen LogP contribution in [-0.4, -0.2) is 36.2 Å². The van der Waals surface area contributed by atoms with Crippen LogP contribution in [0.4, 0.5) is 0 Å². The van der Waals surface area contributed by atoms with Crippen molar-refractivity contribution in [2.45, 2.75) is 18.8 Å². The predicted octanol–water partition coefficient (Wildman–Crippen LogP) is 0.254. The van der Waals surface area contributed by atoms with Crippen LogP contribution >= 0.6 is 0 Å². The first-order valence-corrected chi connectivity index (χ1v) is 3.77. The van der Waals surface area contributed by atoms with E-state index >= 15 is 0 Å². The standard InChI is InChI=1S/C6H8N4O2/c7-9-8-2-4-3-10-5(11)1-6(10)12-4/h4,6H,1-3H2/t4-,6-/m1/s1. The fraction of sp³-hybridized carbons (Fsp3) is 0.833. The molecule has 0 aromatic rings. The minimum absolute atomic E-state index is 0.0450. The van der Waals surface area contributed by atoms with E-state index in [9.17, 15) is 4.79 Å². The van der Waals surface area contributed by atoms with Crippen LogP contribution in [0.2, 0.25) is 0 Å². The minimum Gasteiger partial charge on any atom is -0.353 e. The number of ether oxygens (including phenoxy) is 1. The van der Waals surface area contributed by atoms with Crippen molar-refractivity contribution in [3.05, 3.63) is 10.4 Å². The number of fused-ring (bicyclic) bond motifs is 1. The second-order valence-electron chi connectivity index (χ2n) is 2.88. The number of rotatable bonds is 2. The highest BCUT2D eigenvalue weighted by atomic mass is 16.5. The van der Waals surface area contributed by atoms with Crippen molar-refractivity contribution >= 4 is 5.91 Å². The van der Waals surface area contributed by atoms with E-state index < -0.39 is 0 Å². The number of hydrogen-bond acceptors (Lipinski definition) is 3. The van der Waals surface area contributed by atoms with Gasteiger partial charge in [-0.15, -0.1) is 0 Å². The van der Waals surface area contributed by atoms with Crippen LogP contribution in [-0.2, 0) is 9.53 Å². The fourth-order valence-electron chi connectivity index (χ4n) is 1.48. The van der Waals surface area contributed by atoms with E-state index in [1.54, 1.807) is 4.90 Å².